The molecule has 2 aromatic heterocycles. The van der Waals surface area contributed by atoms with Gasteiger partial charge in [-0.1, -0.05) is 0 Å². The number of aromatic nitrogens is 3. The summed E-state index contributed by atoms with van der Waals surface area (Å²) in [6, 6.07) is 9.94. The molecule has 3 rings (SSSR count). The van der Waals surface area contributed by atoms with Gasteiger partial charge in [-0.25, -0.2) is 9.97 Å². The van der Waals surface area contributed by atoms with Gasteiger partial charge in [-0.3, -0.25) is 0 Å². The predicted molar refractivity (Wildman–Crippen MR) is 92.5 cm³/mol. The quantitative estimate of drug-likeness (QED) is 0.804. The summed E-state index contributed by atoms with van der Waals surface area (Å²) in [6.07, 6.45) is 1.86. The number of hydrogen-bond acceptors (Lipinski definition) is 4. The van der Waals surface area contributed by atoms with Crippen molar-refractivity contribution in [2.45, 2.75) is 32.9 Å². The Morgan fingerprint density at radius 1 is 1.22 bits per heavy atom. The van der Waals surface area contributed by atoms with Crippen LogP contribution in [0.4, 0.5) is 0 Å². The number of rotatable bonds is 4. The highest BCUT2D eigenvalue weighted by atomic mass is 16.5. The Bertz CT molecular complexity index is 829. The number of nitrogens with zero attached hydrogens (tertiary/aromatic N) is 3. The van der Waals surface area contributed by atoms with Gasteiger partial charge in [0.2, 0.25) is 0 Å². The van der Waals surface area contributed by atoms with E-state index in [-0.39, 0.29) is 5.54 Å². The van der Waals surface area contributed by atoms with Crippen LogP contribution < -0.4 is 10.5 Å². The second-order valence-corrected chi connectivity index (χ2v) is 6.59. The van der Waals surface area contributed by atoms with Crippen LogP contribution in [0.3, 0.4) is 0 Å². The van der Waals surface area contributed by atoms with Gasteiger partial charge in [0, 0.05) is 23.8 Å². The van der Waals surface area contributed by atoms with Gasteiger partial charge in [0.1, 0.15) is 17.1 Å². The molecule has 5 heteroatoms. The number of fused-ring (bicyclic) bond motifs is 1. The predicted octanol–water partition coefficient (Wildman–Crippen LogP) is 3.15. The summed E-state index contributed by atoms with van der Waals surface area (Å²) in [4.78, 5) is 9.35. The molecule has 2 N–H and O–H groups in total. The molecule has 0 spiro atoms. The van der Waals surface area contributed by atoms with Gasteiger partial charge in [-0.2, -0.15) is 0 Å². The average molecular weight is 310 g/mol. The number of imidazole rings is 1. The number of hydrogen-bond donors (Lipinski definition) is 1. The van der Waals surface area contributed by atoms with Crippen molar-refractivity contribution < 1.29 is 4.74 Å². The summed E-state index contributed by atoms with van der Waals surface area (Å²) >= 11 is 0. The second kappa shape index (κ2) is 5.66. The average Bonchev–Trinajstić information content (AvgIpc) is 2.83. The molecule has 0 aliphatic heterocycles. The summed E-state index contributed by atoms with van der Waals surface area (Å²) in [5.74, 6) is 1.70. The van der Waals surface area contributed by atoms with Crippen molar-refractivity contribution >= 4 is 11.2 Å². The number of aryl methyl sites for hydroxylation is 1. The van der Waals surface area contributed by atoms with Gasteiger partial charge in [-0.15, -0.1) is 0 Å². The third-order valence-electron chi connectivity index (χ3n) is 3.64. The van der Waals surface area contributed by atoms with Crippen LogP contribution in [0.15, 0.2) is 36.5 Å². The first-order valence-corrected chi connectivity index (χ1v) is 7.63. The molecule has 120 valence electrons. The maximum Gasteiger partial charge on any atom is 0.160 e. The normalized spacial score (nSPS) is 11.9. The van der Waals surface area contributed by atoms with E-state index in [4.69, 9.17) is 15.5 Å². The standard InChI is InChI=1S/C18H22N4O/c1-12-9-15-17(20-10-12)22(11-18(2,3)19)16(21-15)13-5-7-14(23-4)8-6-13/h5-10H,11,19H2,1-4H3. The van der Waals surface area contributed by atoms with E-state index in [9.17, 15) is 0 Å². The molecule has 23 heavy (non-hydrogen) atoms. The minimum atomic E-state index is -0.360. The maximum atomic E-state index is 6.24. The van der Waals surface area contributed by atoms with E-state index in [1.54, 1.807) is 7.11 Å². The van der Waals surface area contributed by atoms with Crippen molar-refractivity contribution in [1.82, 2.24) is 14.5 Å². The highest BCUT2D eigenvalue weighted by molar-refractivity contribution is 5.77. The summed E-state index contributed by atoms with van der Waals surface area (Å²) in [6.45, 7) is 6.67. The van der Waals surface area contributed by atoms with Gasteiger partial charge in [-0.05, 0) is 56.7 Å². The molecule has 0 bridgehead atoms. The molecule has 1 aromatic carbocycles. The molecular weight excluding hydrogens is 288 g/mol. The Kier molecular flexibility index (Phi) is 3.82. The van der Waals surface area contributed by atoms with E-state index in [1.807, 2.05) is 51.2 Å². The third kappa shape index (κ3) is 3.19. The van der Waals surface area contributed by atoms with Crippen LogP contribution in [0.5, 0.6) is 5.75 Å². The number of pyridine rings is 1. The summed E-state index contributed by atoms with van der Waals surface area (Å²) < 4.78 is 7.32. The lowest BCUT2D eigenvalue weighted by atomic mass is 10.1. The van der Waals surface area contributed by atoms with Gasteiger partial charge in [0.15, 0.2) is 5.65 Å². The zero-order valence-corrected chi connectivity index (χ0v) is 14.0. The molecule has 0 saturated heterocycles. The molecule has 0 unspecified atom stereocenters. The SMILES string of the molecule is COc1ccc(-c2nc3cc(C)cnc3n2CC(C)(C)N)cc1. The fraction of sp³-hybridized carbons (Fsp3) is 0.333. The zero-order valence-electron chi connectivity index (χ0n) is 14.0. The molecule has 0 aliphatic rings. The molecular formula is C18H22N4O. The van der Waals surface area contributed by atoms with E-state index in [0.717, 1.165) is 33.9 Å². The fourth-order valence-electron chi connectivity index (χ4n) is 2.63. The first-order valence-electron chi connectivity index (χ1n) is 7.63. The number of ether oxygens (including phenoxy) is 1. The molecule has 0 radical (unpaired) electrons. The minimum Gasteiger partial charge on any atom is -0.497 e. The number of methoxy groups -OCH3 is 1. The van der Waals surface area contributed by atoms with Crippen molar-refractivity contribution in [2.75, 3.05) is 7.11 Å². The lowest BCUT2D eigenvalue weighted by Gasteiger charge is -2.21. The topological polar surface area (TPSA) is 66.0 Å². The zero-order chi connectivity index (χ0) is 16.6. The lowest BCUT2D eigenvalue weighted by Crippen LogP contribution is -2.37. The van der Waals surface area contributed by atoms with Crippen molar-refractivity contribution in [3.63, 3.8) is 0 Å². The van der Waals surface area contributed by atoms with E-state index < -0.39 is 0 Å². The number of benzene rings is 1. The largest absolute Gasteiger partial charge is 0.497 e. The van der Waals surface area contributed by atoms with Crippen LogP contribution in [0.25, 0.3) is 22.6 Å². The first kappa shape index (κ1) is 15.5. The van der Waals surface area contributed by atoms with Gasteiger partial charge < -0.3 is 15.0 Å². The molecule has 0 saturated carbocycles. The maximum absolute atomic E-state index is 6.24. The summed E-state index contributed by atoms with van der Waals surface area (Å²) in [7, 11) is 1.66. The van der Waals surface area contributed by atoms with E-state index in [0.29, 0.717) is 6.54 Å². The first-order chi connectivity index (χ1) is 10.9. The number of nitrogens with two attached hydrogens (primary N) is 1. The van der Waals surface area contributed by atoms with Gasteiger partial charge in [0.05, 0.1) is 7.11 Å². The van der Waals surface area contributed by atoms with Crippen molar-refractivity contribution in [3.05, 3.63) is 42.1 Å². The molecule has 2 heterocycles. The minimum absolute atomic E-state index is 0.360. The Morgan fingerprint density at radius 2 is 1.91 bits per heavy atom. The fourth-order valence-corrected chi connectivity index (χ4v) is 2.63. The highest BCUT2D eigenvalue weighted by Crippen LogP contribution is 2.27. The molecule has 0 amide bonds. The van der Waals surface area contributed by atoms with E-state index in [1.165, 1.54) is 0 Å². The second-order valence-electron chi connectivity index (χ2n) is 6.59. The van der Waals surface area contributed by atoms with Crippen molar-refractivity contribution in [1.29, 1.82) is 0 Å². The van der Waals surface area contributed by atoms with Crippen LogP contribution in [0.2, 0.25) is 0 Å². The van der Waals surface area contributed by atoms with Gasteiger partial charge >= 0.3 is 0 Å². The van der Waals surface area contributed by atoms with E-state index in [2.05, 4.69) is 15.6 Å². The monoisotopic (exact) mass is 310 g/mol. The third-order valence-corrected chi connectivity index (χ3v) is 3.64. The Balaban J connectivity index is 2.18. The van der Waals surface area contributed by atoms with E-state index >= 15 is 0 Å². The van der Waals surface area contributed by atoms with Crippen LogP contribution in [-0.4, -0.2) is 27.2 Å². The lowest BCUT2D eigenvalue weighted by molar-refractivity contribution is 0.415. The van der Waals surface area contributed by atoms with Crippen LogP contribution in [0.1, 0.15) is 19.4 Å². The Labute approximate surface area is 136 Å². The van der Waals surface area contributed by atoms with Crippen LogP contribution in [0, 0.1) is 6.92 Å². The summed E-state index contributed by atoms with van der Waals surface area (Å²) in [5.41, 5.74) is 9.75. The molecule has 0 atom stereocenters. The Hall–Kier alpha value is -2.40. The Morgan fingerprint density at radius 3 is 2.52 bits per heavy atom. The van der Waals surface area contributed by atoms with Gasteiger partial charge in [0.25, 0.3) is 0 Å². The molecule has 0 fully saturated rings. The van der Waals surface area contributed by atoms with Crippen molar-refractivity contribution in [3.8, 4) is 17.1 Å². The molecule has 3 aromatic rings. The molecule has 0 aliphatic carbocycles. The highest BCUT2D eigenvalue weighted by Gasteiger charge is 2.19. The van der Waals surface area contributed by atoms with Crippen LogP contribution >= 0.6 is 0 Å². The summed E-state index contributed by atoms with van der Waals surface area (Å²) in [5, 5.41) is 0. The van der Waals surface area contributed by atoms with Crippen molar-refractivity contribution in [2.24, 2.45) is 5.73 Å². The van der Waals surface area contributed by atoms with Crippen LogP contribution in [-0.2, 0) is 6.54 Å². The molecule has 5 nitrogen and oxygen atoms in total. The smallest absolute Gasteiger partial charge is 0.160 e.